The molecule has 1 unspecified atom stereocenters. The zero-order valence-corrected chi connectivity index (χ0v) is 8.48. The minimum atomic E-state index is -2.62. The van der Waals surface area contributed by atoms with Gasteiger partial charge in [0.25, 0.3) is 0 Å². The molecule has 3 nitrogen and oxygen atoms in total. The van der Waals surface area contributed by atoms with Gasteiger partial charge in [0.1, 0.15) is 0 Å². The number of halogens is 3. The first-order valence-corrected chi connectivity index (χ1v) is 1.80. The molecule has 0 saturated carbocycles. The van der Waals surface area contributed by atoms with Gasteiger partial charge >= 0.3 is 8.60 Å². The van der Waals surface area contributed by atoms with Crippen LogP contribution in [0.4, 0.5) is 0 Å². The zero-order chi connectivity index (χ0) is 3.58. The lowest BCUT2D eigenvalue weighted by Crippen LogP contribution is -1.54. The van der Waals surface area contributed by atoms with Gasteiger partial charge in [-0.25, -0.2) is 0 Å². The van der Waals surface area contributed by atoms with Gasteiger partial charge in [-0.3, -0.25) is 0 Å². The Balaban J connectivity index is -0.00000000750. The number of rotatable bonds is 0. The van der Waals surface area contributed by atoms with Crippen molar-refractivity contribution in [1.82, 2.24) is 0 Å². The van der Waals surface area contributed by atoms with Crippen LogP contribution >= 0.6 is 55.7 Å². The topological polar surface area (TPSA) is 60.7 Å². The second kappa shape index (κ2) is 23.5. The first-order valence-electron chi connectivity index (χ1n) is 0.600. The smallest absolute Gasteiger partial charge is 0.324 e. The quantitative estimate of drug-likeness (QED) is 0.527. The summed E-state index contributed by atoms with van der Waals surface area (Å²) >= 11 is 0. The van der Waals surface area contributed by atoms with Crippen LogP contribution in [0.3, 0.4) is 0 Å². The highest BCUT2D eigenvalue weighted by atomic mass is 35.5. The van der Waals surface area contributed by atoms with E-state index < -0.39 is 8.60 Å². The maximum Gasteiger partial charge on any atom is 0.324 e. The van der Waals surface area contributed by atoms with Crippen LogP contribution in [0.15, 0.2) is 0 Å². The lowest BCUT2D eigenvalue weighted by atomic mass is 15.8. The predicted octanol–water partition coefficient (Wildman–Crippen LogP) is 0.514. The summed E-state index contributed by atoms with van der Waals surface area (Å²) in [7, 11) is -2.62. The summed E-state index contributed by atoms with van der Waals surface area (Å²) in [4.78, 5) is 21.7. The van der Waals surface area contributed by atoms with Crippen LogP contribution < -0.4 is 0 Å². The molecule has 8 heavy (non-hydrogen) atoms. The first kappa shape index (κ1) is 33.5. The van der Waals surface area contributed by atoms with Gasteiger partial charge in [0, 0.05) is 0 Å². The molecule has 0 spiro atoms. The Morgan fingerprint density at radius 2 is 0.750 bits per heavy atom. The standard InChI is InChI=1S/3ClH.H3O3P.H3P/c;;;1-4(2)3;/h3*1H;1-3H;1H3. The molecule has 3 N–H and O–H groups in total. The average Bonchev–Trinajstić information content (AvgIpc) is 0.811. The summed E-state index contributed by atoms with van der Waals surface area (Å²) < 4.78 is 0. The molecule has 0 aliphatic rings. The van der Waals surface area contributed by atoms with Gasteiger partial charge in [-0.1, -0.05) is 0 Å². The molecule has 0 aliphatic carbocycles. The fraction of sp³-hybridized carbons (Fsp3) is 0. The summed E-state index contributed by atoms with van der Waals surface area (Å²) in [6, 6.07) is 0. The number of hydrogen-bond acceptors (Lipinski definition) is 3. The van der Waals surface area contributed by atoms with Crippen molar-refractivity contribution in [3.8, 4) is 0 Å². The van der Waals surface area contributed by atoms with Crippen LogP contribution in [0.25, 0.3) is 0 Å². The van der Waals surface area contributed by atoms with Crippen molar-refractivity contribution >= 4 is 55.7 Å². The highest BCUT2D eigenvalue weighted by molar-refractivity contribution is 7.38. The molecule has 0 heterocycles. The van der Waals surface area contributed by atoms with E-state index in [9.17, 15) is 0 Å². The second-order valence-corrected chi connectivity index (χ2v) is 0.805. The fourth-order valence-corrected chi connectivity index (χ4v) is 0. The van der Waals surface area contributed by atoms with Crippen molar-refractivity contribution < 1.29 is 14.7 Å². The molecule has 0 rings (SSSR count). The first-order chi connectivity index (χ1) is 1.73. The van der Waals surface area contributed by atoms with Gasteiger partial charge in [0.05, 0.1) is 0 Å². The summed E-state index contributed by atoms with van der Waals surface area (Å²) in [5.41, 5.74) is 0. The average molecular weight is 225 g/mol. The Bertz CT molecular complexity index is 17.2. The fourth-order valence-electron chi connectivity index (χ4n) is 0. The monoisotopic (exact) mass is 224 g/mol. The largest absolute Gasteiger partial charge is 0.328 e. The minimum Gasteiger partial charge on any atom is -0.328 e. The van der Waals surface area contributed by atoms with E-state index in [2.05, 4.69) is 0 Å². The van der Waals surface area contributed by atoms with Crippen molar-refractivity contribution in [2.45, 2.75) is 0 Å². The van der Waals surface area contributed by atoms with Crippen molar-refractivity contribution in [1.29, 1.82) is 0 Å². The molecule has 0 fully saturated rings. The van der Waals surface area contributed by atoms with E-state index >= 15 is 0 Å². The Kier molecular flexibility index (Phi) is 98.3. The molecule has 0 aromatic heterocycles. The van der Waals surface area contributed by atoms with E-state index in [4.69, 9.17) is 14.7 Å². The number of hydrogen-bond donors (Lipinski definition) is 3. The summed E-state index contributed by atoms with van der Waals surface area (Å²) in [5.74, 6) is 0. The molecule has 0 saturated heterocycles. The van der Waals surface area contributed by atoms with Gasteiger partial charge in [-0.05, 0) is 0 Å². The van der Waals surface area contributed by atoms with Gasteiger partial charge < -0.3 is 14.7 Å². The summed E-state index contributed by atoms with van der Waals surface area (Å²) in [5, 5.41) is 0. The van der Waals surface area contributed by atoms with E-state index in [-0.39, 0.29) is 47.1 Å². The molecule has 0 amide bonds. The van der Waals surface area contributed by atoms with E-state index in [0.29, 0.717) is 0 Å². The van der Waals surface area contributed by atoms with E-state index in [1.807, 2.05) is 0 Å². The van der Waals surface area contributed by atoms with Crippen molar-refractivity contribution in [3.05, 3.63) is 0 Å². The third-order valence-electron chi connectivity index (χ3n) is 0. The third kappa shape index (κ3) is 128. The van der Waals surface area contributed by atoms with Gasteiger partial charge in [-0.2, -0.15) is 9.90 Å². The van der Waals surface area contributed by atoms with E-state index in [0.717, 1.165) is 0 Å². The second-order valence-electron chi connectivity index (χ2n) is 0.268. The summed E-state index contributed by atoms with van der Waals surface area (Å²) in [6.45, 7) is 0. The molecule has 0 bridgehead atoms. The lowest BCUT2D eigenvalue weighted by Gasteiger charge is -1.76. The Labute approximate surface area is 70.7 Å². The molecule has 0 radical (unpaired) electrons. The highest BCUT2D eigenvalue weighted by Gasteiger charge is 1.76. The Morgan fingerprint density at radius 3 is 0.750 bits per heavy atom. The van der Waals surface area contributed by atoms with Crippen LogP contribution in [-0.4, -0.2) is 14.7 Å². The van der Waals surface area contributed by atoms with Crippen LogP contribution in [0.1, 0.15) is 0 Å². The van der Waals surface area contributed by atoms with Crippen LogP contribution in [-0.2, 0) is 0 Å². The lowest BCUT2D eigenvalue weighted by molar-refractivity contribution is 0.368. The van der Waals surface area contributed by atoms with Crippen LogP contribution in [0.5, 0.6) is 0 Å². The van der Waals surface area contributed by atoms with E-state index in [1.54, 1.807) is 0 Å². The molecule has 58 valence electrons. The Morgan fingerprint density at radius 1 is 0.750 bits per heavy atom. The maximum absolute atomic E-state index is 7.23. The van der Waals surface area contributed by atoms with E-state index in [1.165, 1.54) is 0 Å². The summed E-state index contributed by atoms with van der Waals surface area (Å²) in [6.07, 6.45) is 0. The van der Waals surface area contributed by atoms with Crippen LogP contribution in [0.2, 0.25) is 0 Å². The van der Waals surface area contributed by atoms with Crippen molar-refractivity contribution in [3.63, 3.8) is 0 Å². The highest BCUT2D eigenvalue weighted by Crippen LogP contribution is 2.11. The maximum atomic E-state index is 7.23. The molecule has 0 aromatic rings. The zero-order valence-electron chi connectivity index (χ0n) is 3.72. The Hall–Kier alpha value is 1.61. The van der Waals surface area contributed by atoms with Crippen LogP contribution in [0, 0.1) is 0 Å². The van der Waals surface area contributed by atoms with Crippen molar-refractivity contribution in [2.24, 2.45) is 0 Å². The SMILES string of the molecule is Cl.Cl.Cl.OP(O)O.P. The predicted molar refractivity (Wildman–Crippen MR) is 46.4 cm³/mol. The normalized spacial score (nSPS) is 4.50. The van der Waals surface area contributed by atoms with Gasteiger partial charge in [0.2, 0.25) is 0 Å². The molecule has 8 heteroatoms. The molecule has 0 aromatic carbocycles. The van der Waals surface area contributed by atoms with Gasteiger partial charge in [0.15, 0.2) is 0 Å². The molecular weight excluding hydrogens is 216 g/mol. The van der Waals surface area contributed by atoms with Crippen molar-refractivity contribution in [2.75, 3.05) is 0 Å². The molecular formula is H9Cl3O3P2. The minimum absolute atomic E-state index is 0. The molecule has 0 aliphatic heterocycles. The third-order valence-corrected chi connectivity index (χ3v) is 0. The van der Waals surface area contributed by atoms with Gasteiger partial charge in [-0.15, -0.1) is 37.2 Å². The molecule has 1 atom stereocenters.